The van der Waals surface area contributed by atoms with Gasteiger partial charge in [-0.15, -0.1) is 6.58 Å². The van der Waals surface area contributed by atoms with Crippen LogP contribution in [-0.2, 0) is 33.5 Å². The molecule has 38 atom stereocenters. The van der Waals surface area contributed by atoms with E-state index >= 15 is 0 Å². The molecule has 0 spiro atoms. The molecule has 0 aromatic heterocycles. The fourth-order valence-electron chi connectivity index (χ4n) is 14.1. The van der Waals surface area contributed by atoms with Gasteiger partial charge in [0.05, 0.1) is 110 Å². The number of hydrogen-bond donors (Lipinski definition) is 29. The van der Waals surface area contributed by atoms with E-state index in [-0.39, 0.29) is 131 Å². The Morgan fingerprint density at radius 2 is 0.942 bits per heavy atom. The maximum atomic E-state index is 11.2. The molecular formula is C82H137NaO37S. The Balaban J connectivity index is 0.0000378. The van der Waals surface area contributed by atoms with Gasteiger partial charge in [-0.1, -0.05) is 117 Å². The van der Waals surface area contributed by atoms with Crippen LogP contribution in [0, 0.1) is 5.92 Å². The quantitative estimate of drug-likeness (QED) is 0.00511. The predicted octanol–water partition coefficient (Wildman–Crippen LogP) is -8.59. The Labute approximate surface area is 728 Å². The Kier molecular flexibility index (Phi) is 52.3. The third-order valence-electron chi connectivity index (χ3n) is 22.1. The van der Waals surface area contributed by atoms with Crippen molar-refractivity contribution in [3.8, 4) is 0 Å². The van der Waals surface area contributed by atoms with Gasteiger partial charge in [0, 0.05) is 38.0 Å². The van der Waals surface area contributed by atoms with Crippen LogP contribution in [0.4, 0.5) is 0 Å². The first-order valence-corrected chi connectivity index (χ1v) is 42.3. The number of ether oxygens (including phenoxy) is 4. The first-order valence-electron chi connectivity index (χ1n) is 40.9. The van der Waals surface area contributed by atoms with E-state index in [9.17, 15) is 161 Å². The molecule has 27 unspecified atom stereocenters. The molecule has 4 heterocycles. The Morgan fingerprint density at radius 3 is 1.52 bits per heavy atom. The molecule has 29 N–H and O–H groups in total. The van der Waals surface area contributed by atoms with Gasteiger partial charge in [-0.2, -0.15) is 0 Å². The van der Waals surface area contributed by atoms with Crippen LogP contribution >= 0.6 is 0 Å². The van der Waals surface area contributed by atoms with E-state index in [4.69, 9.17) is 18.9 Å². The van der Waals surface area contributed by atoms with Gasteiger partial charge < -0.3 is 172 Å². The van der Waals surface area contributed by atoms with Gasteiger partial charge in [0.25, 0.3) is 0 Å². The second-order valence-corrected chi connectivity index (χ2v) is 33.2. The average molecular weight is 1770 g/mol. The summed E-state index contributed by atoms with van der Waals surface area (Å²) in [5, 5.41) is 312. The van der Waals surface area contributed by atoms with Crippen molar-refractivity contribution >= 4 is 10.4 Å². The minimum Gasteiger partial charge on any atom is -0.726 e. The number of hydrogen-bond acceptors (Lipinski definition) is 37. The summed E-state index contributed by atoms with van der Waals surface area (Å²) >= 11 is 0. The van der Waals surface area contributed by atoms with Crippen LogP contribution in [0.2, 0.25) is 0 Å². The van der Waals surface area contributed by atoms with Gasteiger partial charge in [0.15, 0.2) is 0 Å². The molecule has 0 aromatic carbocycles. The third-order valence-corrected chi connectivity index (χ3v) is 22.6. The van der Waals surface area contributed by atoms with E-state index in [1.165, 1.54) is 56.4 Å². The molecule has 694 valence electrons. The summed E-state index contributed by atoms with van der Waals surface area (Å²) in [5.74, 6) is -1.08. The van der Waals surface area contributed by atoms with Crippen molar-refractivity contribution in [2.45, 2.75) is 375 Å². The molecule has 4 rings (SSSR count). The number of allylic oxidation sites excluding steroid dienone is 7. The fraction of sp³-hybridized carbons (Fsp3) is 0.756. The zero-order chi connectivity index (χ0) is 90.2. The van der Waals surface area contributed by atoms with Crippen molar-refractivity contribution in [3.05, 3.63) is 122 Å². The molecule has 4 fully saturated rings. The Hall–Kier alpha value is -3.05. The van der Waals surface area contributed by atoms with Crippen molar-refractivity contribution < 1.29 is 214 Å². The fourth-order valence-corrected chi connectivity index (χ4v) is 14.5. The minimum atomic E-state index is -4.73. The molecule has 0 saturated carbocycles. The van der Waals surface area contributed by atoms with E-state index in [0.29, 0.717) is 44.1 Å². The van der Waals surface area contributed by atoms with Gasteiger partial charge in [-0.25, -0.2) is 8.42 Å². The molecule has 37 nitrogen and oxygen atoms in total. The molecule has 121 heavy (non-hydrogen) atoms. The normalized spacial score (nSPS) is 29.2. The van der Waals surface area contributed by atoms with Crippen molar-refractivity contribution in [2.75, 3.05) is 6.61 Å². The van der Waals surface area contributed by atoms with E-state index in [1.54, 1.807) is 42.5 Å². The van der Waals surface area contributed by atoms with Gasteiger partial charge in [0.1, 0.15) is 122 Å². The predicted molar refractivity (Wildman–Crippen MR) is 428 cm³/mol. The molecule has 0 aliphatic carbocycles. The second kappa shape index (κ2) is 56.4. The molecule has 4 saturated heterocycles. The van der Waals surface area contributed by atoms with Crippen LogP contribution in [0.3, 0.4) is 0 Å². The zero-order valence-corrected chi connectivity index (χ0v) is 71.7. The summed E-state index contributed by atoms with van der Waals surface area (Å²) in [6.45, 7) is 13.8. The van der Waals surface area contributed by atoms with Crippen molar-refractivity contribution in [2.24, 2.45) is 5.92 Å². The topological polar surface area (TPSA) is 697 Å². The van der Waals surface area contributed by atoms with E-state index in [0.717, 1.165) is 0 Å². The number of epoxide rings is 2. The zero-order valence-electron chi connectivity index (χ0n) is 68.8. The van der Waals surface area contributed by atoms with Crippen LogP contribution in [0.1, 0.15) is 149 Å². The maximum absolute atomic E-state index is 11.2. The summed E-state index contributed by atoms with van der Waals surface area (Å²) < 4.78 is 57.8. The van der Waals surface area contributed by atoms with Gasteiger partial charge in [0.2, 0.25) is 10.4 Å². The number of aliphatic hydroxyl groups is 29. The monoisotopic (exact) mass is 1770 g/mol. The molecule has 4 aliphatic rings. The molecule has 4 aliphatic heterocycles. The second-order valence-electron chi connectivity index (χ2n) is 32.1. The largest absolute Gasteiger partial charge is 1.00 e. The molecule has 0 radical (unpaired) electrons. The van der Waals surface area contributed by atoms with Crippen LogP contribution in [0.15, 0.2) is 122 Å². The van der Waals surface area contributed by atoms with Crippen LogP contribution in [0.5, 0.6) is 0 Å². The van der Waals surface area contributed by atoms with Crippen molar-refractivity contribution in [1.29, 1.82) is 0 Å². The summed E-state index contributed by atoms with van der Waals surface area (Å²) in [6.07, 6.45) is -35.4. The van der Waals surface area contributed by atoms with Crippen LogP contribution in [-0.4, -0.2) is 394 Å². The number of rotatable bonds is 61. The molecule has 0 bridgehead atoms. The van der Waals surface area contributed by atoms with Gasteiger partial charge in [-0.05, 0) is 114 Å². The summed E-state index contributed by atoms with van der Waals surface area (Å²) in [6, 6.07) is 0. The van der Waals surface area contributed by atoms with Crippen molar-refractivity contribution in [3.63, 3.8) is 0 Å². The third kappa shape index (κ3) is 39.0. The van der Waals surface area contributed by atoms with E-state index < -0.39 is 255 Å². The SMILES string of the molecule is C=CCCC(O)/C=C/C=C/C(O)CC/C=C/C(O)[C@H](O)[C@@H]1O[C@@H](C(O)C(O)C(=C)CC/C=C/C(O)[C@H]2O[C@@H]2C(O)C(O)CC(O)C(O)[C@@H]2O[C@H]2C(O)C(O)CC(O)C(O)C(O)C(=C)CCC(O)[C@H]2C[C@@H](O)C(O)[C@H](C(O)C(O)/C=C(\C)CCC(O)CC(O)C(O)C(C)C(O)C(O)C/C=C/CC(O)/C=C/CCCCCOS(=O)(=O)[O-])O2)C[C@@H](O)C1O.[Na+]. The van der Waals surface area contributed by atoms with Gasteiger partial charge >= 0.3 is 29.6 Å². The van der Waals surface area contributed by atoms with Gasteiger partial charge in [-0.3, -0.25) is 4.18 Å². The first kappa shape index (κ1) is 112. The maximum Gasteiger partial charge on any atom is 1.00 e. The Morgan fingerprint density at radius 1 is 0.455 bits per heavy atom. The van der Waals surface area contributed by atoms with E-state index in [2.05, 4.69) is 23.9 Å². The summed E-state index contributed by atoms with van der Waals surface area (Å²) in [7, 11) is -4.73. The minimum absolute atomic E-state index is 0. The van der Waals surface area contributed by atoms with Crippen LogP contribution in [0.25, 0.3) is 0 Å². The number of aliphatic hydroxyl groups excluding tert-OH is 29. The van der Waals surface area contributed by atoms with E-state index in [1.807, 2.05) is 0 Å². The summed E-state index contributed by atoms with van der Waals surface area (Å²) in [4.78, 5) is 0. The molecular weight excluding hydrogens is 1630 g/mol. The first-order chi connectivity index (χ1) is 56.3. The van der Waals surface area contributed by atoms with Crippen LogP contribution < -0.4 is 29.6 Å². The smallest absolute Gasteiger partial charge is 0.726 e. The van der Waals surface area contributed by atoms with Crippen molar-refractivity contribution in [1.82, 2.24) is 0 Å². The molecule has 0 amide bonds. The standard InChI is InChI=1S/C82H138O37S.Na/c1-6-7-22-46(83)24-13-14-25-48(85)27-16-19-29-52(89)69(104)78-72(107)61(98)41-63(117-78)76(111)65(100)43(3)21-12-17-30-53(90)77-80(118-77)73(108)58(95)39-59(96)75(110)82-81(119-82)74(109)57(94)38-56(93)68(103)64(99)44(4)32-34-50(87)62-40-60(97)71(106)79(116-62)70(105)54(91)36-42(2)31-33-49(86)37-55(92)67(102)45(5)66(101)51(88)28-18-15-26-47(84)23-11-9-8-10-20-35-115-120(112,113)114;/h6,11,13-15,17-19,23-25,29-30,36,45-111H,1,3-4,7-10,12,16,20-22,26-28,31-35,37-41H2,2,5H3,(H,112,113,114);/q;+1/p-1/b18-15+,23-11+,24-13+,25-14+,29-19+,30-17+,42-36+;/t45?,46?,47?,48?,49?,50?,51?,52?,53?,54?,55?,56?,57?,58?,59?,60-,61-,62-,63-,64?,65?,66?,67?,68?,69+,70?,71?,72?,73?,74?,75?,76?,77-,78+,79+,80-,81+,82+;/m1./s1. The summed E-state index contributed by atoms with van der Waals surface area (Å²) in [5.41, 5.74) is 0.325. The molecule has 0 aromatic rings. The molecule has 39 heteroatoms. The number of unbranched alkanes of at least 4 members (excludes halogenated alkanes) is 3. The Bertz CT molecular complexity index is 3280. The average Bonchev–Trinajstić information content (AvgIpc) is 1.62.